The normalized spacial score (nSPS) is 17.9. The van der Waals surface area contributed by atoms with Crippen LogP contribution in [0.4, 0.5) is 0 Å². The second-order valence-corrected chi connectivity index (χ2v) is 5.96. The van der Waals surface area contributed by atoms with E-state index in [1.807, 2.05) is 6.92 Å². The molecule has 3 N–H and O–H groups in total. The summed E-state index contributed by atoms with van der Waals surface area (Å²) in [6.45, 7) is 12.0. The fourth-order valence-corrected chi connectivity index (χ4v) is 2.52. The molecule has 0 bridgehead atoms. The monoisotopic (exact) mass is 365 g/mol. The Hall–Kier alpha value is -0.260. The fraction of sp³-hybridized carbons (Fsp3) is 0.786. The van der Waals surface area contributed by atoms with E-state index in [4.69, 9.17) is 5.73 Å². The lowest BCUT2D eigenvalue weighted by Crippen LogP contribution is -2.38. The molecule has 0 unspecified atom stereocenters. The van der Waals surface area contributed by atoms with E-state index in [-0.39, 0.29) is 24.0 Å². The summed E-state index contributed by atoms with van der Waals surface area (Å²) in [6, 6.07) is 0. The predicted molar refractivity (Wildman–Crippen MR) is 90.5 cm³/mol. The summed E-state index contributed by atoms with van der Waals surface area (Å²) in [7, 11) is 0. The molecule has 1 aliphatic carbocycles. The average molecular weight is 365 g/mol. The first kappa shape index (κ1) is 17.7. The van der Waals surface area contributed by atoms with E-state index >= 15 is 0 Å². The minimum atomic E-state index is 0. The van der Waals surface area contributed by atoms with Gasteiger partial charge in [-0.2, -0.15) is 0 Å². The number of halogens is 1. The molecule has 0 heterocycles. The third-order valence-electron chi connectivity index (χ3n) is 3.41. The molecular formula is C14H28IN3. The van der Waals surface area contributed by atoms with Crippen LogP contribution >= 0.6 is 24.0 Å². The number of nitrogens with zero attached hydrogens (tertiary/aromatic N) is 1. The molecule has 0 spiro atoms. The smallest absolute Gasteiger partial charge is 0.188 e. The number of hydrogen-bond donors (Lipinski definition) is 2. The van der Waals surface area contributed by atoms with Crippen LogP contribution in [0, 0.1) is 11.3 Å². The predicted octanol–water partition coefficient (Wildman–Crippen LogP) is 3.30. The third kappa shape index (κ3) is 6.07. The van der Waals surface area contributed by atoms with E-state index < -0.39 is 0 Å². The Labute approximate surface area is 129 Å². The van der Waals surface area contributed by atoms with Crippen LogP contribution in [0.1, 0.15) is 46.5 Å². The summed E-state index contributed by atoms with van der Waals surface area (Å²) in [4.78, 5) is 4.49. The van der Waals surface area contributed by atoms with Crippen molar-refractivity contribution in [2.24, 2.45) is 22.1 Å². The molecule has 4 heteroatoms. The molecule has 0 saturated heterocycles. The summed E-state index contributed by atoms with van der Waals surface area (Å²) in [5.74, 6) is 1.30. The topological polar surface area (TPSA) is 50.4 Å². The molecule has 0 aliphatic heterocycles. The first-order valence-corrected chi connectivity index (χ1v) is 6.62. The maximum Gasteiger partial charge on any atom is 0.188 e. The highest BCUT2D eigenvalue weighted by Crippen LogP contribution is 2.46. The second kappa shape index (κ2) is 8.02. The molecule has 0 aromatic carbocycles. The highest BCUT2D eigenvalue weighted by Gasteiger charge is 2.37. The van der Waals surface area contributed by atoms with Crippen LogP contribution in [0.3, 0.4) is 0 Å². The summed E-state index contributed by atoms with van der Waals surface area (Å²) in [6.07, 6.45) is 5.23. The SMILES string of the molecule is C=C(C)CNC(N)=NCC1(CC(C)C)CCC1.I. The van der Waals surface area contributed by atoms with Crippen molar-refractivity contribution in [2.45, 2.75) is 46.5 Å². The van der Waals surface area contributed by atoms with Crippen molar-refractivity contribution in [3.8, 4) is 0 Å². The third-order valence-corrected chi connectivity index (χ3v) is 3.41. The first-order valence-electron chi connectivity index (χ1n) is 6.62. The number of aliphatic imine (C=N–C) groups is 1. The van der Waals surface area contributed by atoms with E-state index in [9.17, 15) is 0 Å². The minimum Gasteiger partial charge on any atom is -0.370 e. The summed E-state index contributed by atoms with van der Waals surface area (Å²) < 4.78 is 0. The molecule has 0 aromatic rings. The zero-order valence-electron chi connectivity index (χ0n) is 12.0. The van der Waals surface area contributed by atoms with E-state index in [2.05, 4.69) is 30.7 Å². The lowest BCUT2D eigenvalue weighted by molar-refractivity contribution is 0.111. The largest absolute Gasteiger partial charge is 0.370 e. The van der Waals surface area contributed by atoms with Gasteiger partial charge in [-0.1, -0.05) is 32.4 Å². The van der Waals surface area contributed by atoms with Crippen molar-refractivity contribution in [1.82, 2.24) is 5.32 Å². The van der Waals surface area contributed by atoms with Gasteiger partial charge in [0.1, 0.15) is 0 Å². The van der Waals surface area contributed by atoms with E-state index in [1.54, 1.807) is 0 Å². The summed E-state index contributed by atoms with van der Waals surface area (Å²) in [5.41, 5.74) is 7.34. The maximum absolute atomic E-state index is 5.84. The molecule has 106 valence electrons. The Morgan fingerprint density at radius 2 is 2.06 bits per heavy atom. The Balaban J connectivity index is 0.00000289. The molecule has 1 saturated carbocycles. The number of hydrogen-bond acceptors (Lipinski definition) is 1. The van der Waals surface area contributed by atoms with Crippen LogP contribution in [0.25, 0.3) is 0 Å². The zero-order valence-corrected chi connectivity index (χ0v) is 14.3. The van der Waals surface area contributed by atoms with Crippen molar-refractivity contribution in [1.29, 1.82) is 0 Å². The van der Waals surface area contributed by atoms with Crippen molar-refractivity contribution in [2.75, 3.05) is 13.1 Å². The second-order valence-electron chi connectivity index (χ2n) is 5.96. The molecular weight excluding hydrogens is 337 g/mol. The highest BCUT2D eigenvalue weighted by atomic mass is 127. The van der Waals surface area contributed by atoms with Crippen LogP contribution in [-0.2, 0) is 0 Å². The van der Waals surface area contributed by atoms with Crippen molar-refractivity contribution >= 4 is 29.9 Å². The average Bonchev–Trinajstić information content (AvgIpc) is 2.18. The molecule has 3 nitrogen and oxygen atoms in total. The molecule has 0 amide bonds. The lowest BCUT2D eigenvalue weighted by atomic mass is 9.64. The van der Waals surface area contributed by atoms with Gasteiger partial charge >= 0.3 is 0 Å². The van der Waals surface area contributed by atoms with Crippen molar-refractivity contribution in [3.05, 3.63) is 12.2 Å². The maximum atomic E-state index is 5.84. The molecule has 1 fully saturated rings. The van der Waals surface area contributed by atoms with Crippen LogP contribution in [0.5, 0.6) is 0 Å². The molecule has 1 rings (SSSR count). The van der Waals surface area contributed by atoms with Crippen LogP contribution < -0.4 is 11.1 Å². The molecule has 0 atom stereocenters. The standard InChI is InChI=1S/C14H27N3.HI/c1-11(2)8-14(6-5-7-14)10-17-13(15)16-9-12(3)4;/h11H,3,5-10H2,1-2,4H3,(H3,15,16,17);1H. The van der Waals surface area contributed by atoms with Crippen molar-refractivity contribution < 1.29 is 0 Å². The Bertz CT molecular complexity index is 293. The van der Waals surface area contributed by atoms with Crippen LogP contribution in [0.15, 0.2) is 17.1 Å². The summed E-state index contributed by atoms with van der Waals surface area (Å²) in [5, 5.41) is 3.08. The molecule has 0 radical (unpaired) electrons. The van der Waals surface area contributed by atoms with Gasteiger partial charge in [0, 0.05) is 13.1 Å². The number of rotatable bonds is 6. The van der Waals surface area contributed by atoms with Gasteiger partial charge in [0.25, 0.3) is 0 Å². The zero-order chi connectivity index (χ0) is 12.9. The van der Waals surface area contributed by atoms with Gasteiger partial charge in [0.05, 0.1) is 0 Å². The first-order chi connectivity index (χ1) is 7.93. The van der Waals surface area contributed by atoms with Gasteiger partial charge in [-0.15, -0.1) is 24.0 Å². The number of nitrogens with two attached hydrogens (primary N) is 1. The minimum absolute atomic E-state index is 0. The van der Waals surface area contributed by atoms with Gasteiger partial charge in [0.2, 0.25) is 0 Å². The number of guanidine groups is 1. The van der Waals surface area contributed by atoms with Gasteiger partial charge in [-0.05, 0) is 37.5 Å². The summed E-state index contributed by atoms with van der Waals surface area (Å²) >= 11 is 0. The molecule has 1 aliphatic rings. The quantitative estimate of drug-likeness (QED) is 0.328. The van der Waals surface area contributed by atoms with Crippen molar-refractivity contribution in [3.63, 3.8) is 0 Å². The molecule has 0 aromatic heterocycles. The Kier molecular flexibility index (Phi) is 7.90. The van der Waals surface area contributed by atoms with Gasteiger partial charge in [-0.3, -0.25) is 4.99 Å². The lowest BCUT2D eigenvalue weighted by Gasteiger charge is -2.42. The number of nitrogens with one attached hydrogen (secondary N) is 1. The van der Waals surface area contributed by atoms with E-state index in [1.165, 1.54) is 25.7 Å². The van der Waals surface area contributed by atoms with Gasteiger partial charge < -0.3 is 11.1 Å². The van der Waals surface area contributed by atoms with Crippen LogP contribution in [0.2, 0.25) is 0 Å². The molecule has 18 heavy (non-hydrogen) atoms. The van der Waals surface area contributed by atoms with E-state index in [0.717, 1.165) is 18.0 Å². The Morgan fingerprint density at radius 1 is 1.44 bits per heavy atom. The fourth-order valence-electron chi connectivity index (χ4n) is 2.52. The van der Waals surface area contributed by atoms with Gasteiger partial charge in [-0.25, -0.2) is 0 Å². The van der Waals surface area contributed by atoms with Gasteiger partial charge in [0.15, 0.2) is 5.96 Å². The Morgan fingerprint density at radius 3 is 2.44 bits per heavy atom. The highest BCUT2D eigenvalue weighted by molar-refractivity contribution is 14.0. The van der Waals surface area contributed by atoms with E-state index in [0.29, 0.717) is 17.9 Å². The van der Waals surface area contributed by atoms with Crippen LogP contribution in [-0.4, -0.2) is 19.0 Å².